The first-order valence-corrected chi connectivity index (χ1v) is 6.56. The molecule has 0 aliphatic rings. The van der Waals surface area contributed by atoms with Gasteiger partial charge in [-0.2, -0.15) is 0 Å². The quantitative estimate of drug-likeness (QED) is 0.756. The first-order valence-electron chi connectivity index (χ1n) is 6.56. The van der Waals surface area contributed by atoms with Gasteiger partial charge in [0.05, 0.1) is 17.6 Å². The Balaban J connectivity index is 2.73. The number of carbonyl (C=O) groups excluding carboxylic acids is 1. The molecule has 4 N–H and O–H groups in total. The number of benzene rings is 1. The van der Waals surface area contributed by atoms with E-state index in [1.54, 1.807) is 27.7 Å². The van der Waals surface area contributed by atoms with Crippen LogP contribution in [-0.2, 0) is 4.79 Å². The maximum Gasteiger partial charge on any atom is 0.225 e. The molecule has 4 nitrogen and oxygen atoms in total. The SMILES string of the molecule is CC(C(=O)NC(C)(C)C(C)O)C(N)c1ccccc1. The van der Waals surface area contributed by atoms with Gasteiger partial charge in [0.15, 0.2) is 0 Å². The molecule has 4 heteroatoms. The van der Waals surface area contributed by atoms with E-state index in [1.165, 1.54) is 0 Å². The summed E-state index contributed by atoms with van der Waals surface area (Å²) in [5, 5.41) is 12.5. The summed E-state index contributed by atoms with van der Waals surface area (Å²) in [5.41, 5.74) is 6.38. The first-order chi connectivity index (χ1) is 8.75. The molecule has 0 heterocycles. The Kier molecular flexibility index (Phi) is 5.09. The van der Waals surface area contributed by atoms with E-state index in [4.69, 9.17) is 5.73 Å². The monoisotopic (exact) mass is 264 g/mol. The van der Waals surface area contributed by atoms with Crippen molar-refractivity contribution in [3.8, 4) is 0 Å². The van der Waals surface area contributed by atoms with Gasteiger partial charge in [0.2, 0.25) is 5.91 Å². The van der Waals surface area contributed by atoms with E-state index in [9.17, 15) is 9.90 Å². The van der Waals surface area contributed by atoms with Crippen LogP contribution in [0.5, 0.6) is 0 Å². The Morgan fingerprint density at radius 2 is 1.79 bits per heavy atom. The minimum Gasteiger partial charge on any atom is -0.391 e. The smallest absolute Gasteiger partial charge is 0.225 e. The summed E-state index contributed by atoms with van der Waals surface area (Å²) in [5.74, 6) is -0.511. The number of rotatable bonds is 5. The van der Waals surface area contributed by atoms with E-state index >= 15 is 0 Å². The number of carbonyl (C=O) groups is 1. The maximum absolute atomic E-state index is 12.2. The van der Waals surface area contributed by atoms with Gasteiger partial charge in [0.25, 0.3) is 0 Å². The highest BCUT2D eigenvalue weighted by Crippen LogP contribution is 2.20. The van der Waals surface area contributed by atoms with E-state index < -0.39 is 11.6 Å². The lowest BCUT2D eigenvalue weighted by Gasteiger charge is -2.32. The van der Waals surface area contributed by atoms with Crippen molar-refractivity contribution < 1.29 is 9.90 Å². The highest BCUT2D eigenvalue weighted by Gasteiger charge is 2.30. The lowest BCUT2D eigenvalue weighted by Crippen LogP contribution is -2.53. The van der Waals surface area contributed by atoms with Gasteiger partial charge in [-0.3, -0.25) is 4.79 Å². The summed E-state index contributed by atoms with van der Waals surface area (Å²) >= 11 is 0. The van der Waals surface area contributed by atoms with Crippen molar-refractivity contribution in [3.63, 3.8) is 0 Å². The van der Waals surface area contributed by atoms with Crippen LogP contribution in [0.2, 0.25) is 0 Å². The zero-order chi connectivity index (χ0) is 14.6. The average Bonchev–Trinajstić information content (AvgIpc) is 2.37. The van der Waals surface area contributed by atoms with Gasteiger partial charge in [-0.1, -0.05) is 37.3 Å². The number of hydrogen-bond acceptors (Lipinski definition) is 3. The molecule has 0 fully saturated rings. The lowest BCUT2D eigenvalue weighted by atomic mass is 9.92. The van der Waals surface area contributed by atoms with Gasteiger partial charge in [0.1, 0.15) is 0 Å². The second-order valence-electron chi connectivity index (χ2n) is 5.61. The summed E-state index contributed by atoms with van der Waals surface area (Å²) in [6.45, 7) is 7.03. The molecule has 1 amide bonds. The van der Waals surface area contributed by atoms with Crippen LogP contribution in [0.1, 0.15) is 39.3 Å². The highest BCUT2D eigenvalue weighted by molar-refractivity contribution is 5.80. The third-order valence-electron chi connectivity index (χ3n) is 3.63. The number of hydrogen-bond donors (Lipinski definition) is 3. The van der Waals surface area contributed by atoms with Crippen molar-refractivity contribution in [3.05, 3.63) is 35.9 Å². The van der Waals surface area contributed by atoms with E-state index in [1.807, 2.05) is 30.3 Å². The second-order valence-corrected chi connectivity index (χ2v) is 5.61. The first kappa shape index (κ1) is 15.7. The van der Waals surface area contributed by atoms with Crippen molar-refractivity contribution in [2.75, 3.05) is 0 Å². The Hall–Kier alpha value is -1.39. The predicted octanol–water partition coefficient (Wildman–Crippen LogP) is 1.60. The molecule has 0 saturated heterocycles. The van der Waals surface area contributed by atoms with Crippen molar-refractivity contribution in [1.82, 2.24) is 5.32 Å². The Bertz CT molecular complexity index is 415. The second kappa shape index (κ2) is 6.17. The van der Waals surface area contributed by atoms with Crippen molar-refractivity contribution >= 4 is 5.91 Å². The molecule has 0 radical (unpaired) electrons. The van der Waals surface area contributed by atoms with Crippen LogP contribution in [0.25, 0.3) is 0 Å². The molecule has 0 aliphatic heterocycles. The lowest BCUT2D eigenvalue weighted by molar-refractivity contribution is -0.128. The Morgan fingerprint density at radius 3 is 2.26 bits per heavy atom. The van der Waals surface area contributed by atoms with E-state index in [0.29, 0.717) is 0 Å². The standard InChI is InChI=1S/C15H24N2O2/c1-10(13(16)12-8-6-5-7-9-12)14(19)17-15(3,4)11(2)18/h5-11,13,18H,16H2,1-4H3,(H,17,19). The van der Waals surface area contributed by atoms with Gasteiger partial charge < -0.3 is 16.2 Å². The third-order valence-corrected chi connectivity index (χ3v) is 3.63. The van der Waals surface area contributed by atoms with E-state index in [-0.39, 0.29) is 17.9 Å². The molecule has 19 heavy (non-hydrogen) atoms. The molecule has 0 saturated carbocycles. The molecule has 106 valence electrons. The minimum atomic E-state index is -0.665. The number of aliphatic hydroxyl groups is 1. The molecule has 0 bridgehead atoms. The van der Waals surface area contributed by atoms with Crippen molar-refractivity contribution in [1.29, 1.82) is 0 Å². The normalized spacial score (nSPS) is 16.5. The summed E-state index contributed by atoms with van der Waals surface area (Å²) in [4.78, 5) is 12.2. The maximum atomic E-state index is 12.2. The fraction of sp³-hybridized carbons (Fsp3) is 0.533. The molecule has 1 aromatic rings. The Morgan fingerprint density at radius 1 is 1.26 bits per heavy atom. The summed E-state index contributed by atoms with van der Waals surface area (Å²) in [6.07, 6.45) is -0.628. The predicted molar refractivity (Wildman–Crippen MR) is 76.4 cm³/mol. The van der Waals surface area contributed by atoms with Gasteiger partial charge in [0, 0.05) is 6.04 Å². The molecule has 3 unspecified atom stereocenters. The molecule has 0 aliphatic carbocycles. The van der Waals surface area contributed by atoms with Crippen LogP contribution in [-0.4, -0.2) is 22.7 Å². The van der Waals surface area contributed by atoms with Crippen molar-refractivity contribution in [2.24, 2.45) is 11.7 Å². The van der Waals surface area contributed by atoms with E-state index in [2.05, 4.69) is 5.32 Å². The fourth-order valence-electron chi connectivity index (χ4n) is 1.66. The van der Waals surface area contributed by atoms with Crippen LogP contribution in [0.3, 0.4) is 0 Å². The topological polar surface area (TPSA) is 75.3 Å². The van der Waals surface area contributed by atoms with Crippen LogP contribution in [0.15, 0.2) is 30.3 Å². The van der Waals surface area contributed by atoms with Gasteiger partial charge in [-0.25, -0.2) is 0 Å². The van der Waals surface area contributed by atoms with Gasteiger partial charge in [-0.05, 0) is 26.3 Å². The molecular formula is C15H24N2O2. The third kappa shape index (κ3) is 4.04. The number of amides is 1. The van der Waals surface area contributed by atoms with Crippen molar-refractivity contribution in [2.45, 2.75) is 45.4 Å². The molecule has 0 spiro atoms. The zero-order valence-electron chi connectivity index (χ0n) is 12.1. The number of nitrogens with one attached hydrogen (secondary N) is 1. The van der Waals surface area contributed by atoms with Crippen LogP contribution in [0.4, 0.5) is 0 Å². The van der Waals surface area contributed by atoms with E-state index in [0.717, 1.165) is 5.56 Å². The Labute approximate surface area is 115 Å². The van der Waals surface area contributed by atoms with Crippen LogP contribution >= 0.6 is 0 Å². The van der Waals surface area contributed by atoms with Gasteiger partial charge >= 0.3 is 0 Å². The molecule has 1 rings (SSSR count). The fourth-order valence-corrected chi connectivity index (χ4v) is 1.66. The minimum absolute atomic E-state index is 0.151. The van der Waals surface area contributed by atoms with Gasteiger partial charge in [-0.15, -0.1) is 0 Å². The van der Waals surface area contributed by atoms with Crippen LogP contribution in [0, 0.1) is 5.92 Å². The molecule has 3 atom stereocenters. The summed E-state index contributed by atoms with van der Waals surface area (Å²) < 4.78 is 0. The summed E-state index contributed by atoms with van der Waals surface area (Å²) in [6, 6.07) is 9.19. The molecule has 1 aromatic carbocycles. The highest BCUT2D eigenvalue weighted by atomic mass is 16.3. The zero-order valence-corrected chi connectivity index (χ0v) is 12.1. The number of aliphatic hydroxyl groups excluding tert-OH is 1. The molecule has 0 aromatic heterocycles. The largest absolute Gasteiger partial charge is 0.391 e. The van der Waals surface area contributed by atoms with Crippen LogP contribution < -0.4 is 11.1 Å². The number of nitrogens with two attached hydrogens (primary N) is 1. The summed E-state index contributed by atoms with van der Waals surface area (Å²) in [7, 11) is 0. The average molecular weight is 264 g/mol. The molecular weight excluding hydrogens is 240 g/mol.